The molecule has 0 unspecified atom stereocenters. The van der Waals surface area contributed by atoms with Gasteiger partial charge in [0.25, 0.3) is 0 Å². The van der Waals surface area contributed by atoms with Crippen molar-refractivity contribution >= 4 is 11.6 Å². The molecule has 1 nitrogen and oxygen atoms in total. The molecular weight excluding hydrogens is 75.5 g/mol. The minimum absolute atomic E-state index is 0.281. The molecule has 0 aliphatic rings. The highest BCUT2D eigenvalue weighted by Gasteiger charge is 1.54. The number of methoxy groups -OCH3 is 1. The van der Waals surface area contributed by atoms with Crippen molar-refractivity contribution in [3.05, 3.63) is 0 Å². The lowest BCUT2D eigenvalue weighted by Gasteiger charge is -1.74. The maximum absolute atomic E-state index is 6.36. The van der Waals surface area contributed by atoms with E-state index in [1.807, 2.05) is 0 Å². The highest BCUT2D eigenvalue weighted by Crippen LogP contribution is 1.66. The first-order chi connectivity index (χ1) is 3.06. The average molecular weight is 83.5 g/mol. The van der Waals surface area contributed by atoms with Crippen LogP contribution in [0.4, 0.5) is 0 Å². The SMILES string of the molecule is [2H]C([2H])([2H])OCCl. The maximum atomic E-state index is 6.36. The third-order valence-electron chi connectivity index (χ3n) is 0.0546. The number of rotatable bonds is 1. The normalized spacial score (nSPS) is 21.8. The van der Waals surface area contributed by atoms with Crippen molar-refractivity contribution in [2.75, 3.05) is 13.1 Å². The Morgan fingerprint density at radius 1 is 2.50 bits per heavy atom. The zero-order chi connectivity index (χ0) is 5.91. The quantitative estimate of drug-likeness (QED) is 0.427. The second kappa shape index (κ2) is 3.25. The summed E-state index contributed by atoms with van der Waals surface area (Å²) in [7, 11) is -2.33. The van der Waals surface area contributed by atoms with Crippen molar-refractivity contribution < 1.29 is 8.85 Å². The summed E-state index contributed by atoms with van der Waals surface area (Å²) in [4.78, 5) is 0. The van der Waals surface area contributed by atoms with Crippen molar-refractivity contribution in [2.45, 2.75) is 0 Å². The average Bonchev–Trinajstić information content (AvgIpc) is 1.30. The molecule has 0 aromatic heterocycles. The Kier molecular flexibility index (Phi) is 0.934. The van der Waals surface area contributed by atoms with Crippen LogP contribution in [0, 0.1) is 0 Å². The fourth-order valence-electron chi connectivity index (χ4n) is 0. The molecule has 0 aromatic carbocycles. The number of hydrogen-bond acceptors (Lipinski definition) is 1. The molecular formula is C2H5ClO. The monoisotopic (exact) mass is 83.0 g/mol. The Morgan fingerprint density at radius 3 is 3.25 bits per heavy atom. The van der Waals surface area contributed by atoms with Crippen LogP contribution in [0.15, 0.2) is 0 Å². The second-order valence-corrected chi connectivity index (χ2v) is 0.472. The van der Waals surface area contributed by atoms with Crippen molar-refractivity contribution in [3.63, 3.8) is 0 Å². The first-order valence-electron chi connectivity index (χ1n) is 2.26. The topological polar surface area (TPSA) is 9.23 Å². The molecule has 0 amide bonds. The molecule has 0 aromatic rings. The van der Waals surface area contributed by atoms with Gasteiger partial charge in [-0.25, -0.2) is 0 Å². The number of alkyl halides is 1. The Labute approximate surface area is 34.7 Å². The Bertz CT molecular complexity index is 51.4. The summed E-state index contributed by atoms with van der Waals surface area (Å²) in [6.07, 6.45) is 0. The van der Waals surface area contributed by atoms with Crippen LogP contribution in [0.5, 0.6) is 0 Å². The van der Waals surface area contributed by atoms with Gasteiger partial charge >= 0.3 is 0 Å². The van der Waals surface area contributed by atoms with Crippen LogP contribution in [-0.2, 0) is 4.74 Å². The van der Waals surface area contributed by atoms with E-state index in [1.165, 1.54) is 0 Å². The highest BCUT2D eigenvalue weighted by molar-refractivity contribution is 6.17. The lowest BCUT2D eigenvalue weighted by atomic mass is 11.5. The van der Waals surface area contributed by atoms with E-state index in [0.29, 0.717) is 0 Å². The molecule has 0 spiro atoms. The largest absolute Gasteiger partial charge is 0.369 e. The van der Waals surface area contributed by atoms with E-state index in [-0.39, 0.29) is 6.07 Å². The molecule has 0 saturated carbocycles. The van der Waals surface area contributed by atoms with E-state index in [0.717, 1.165) is 0 Å². The summed E-state index contributed by atoms with van der Waals surface area (Å²) in [6.45, 7) is 0. The summed E-state index contributed by atoms with van der Waals surface area (Å²) in [5.41, 5.74) is 0. The van der Waals surface area contributed by atoms with E-state index in [2.05, 4.69) is 4.74 Å². The summed E-state index contributed by atoms with van der Waals surface area (Å²) >= 11 is 4.90. The molecule has 0 aliphatic heterocycles. The second-order valence-electron chi connectivity index (χ2n) is 0.253. The van der Waals surface area contributed by atoms with E-state index >= 15 is 0 Å². The lowest BCUT2D eigenvalue weighted by molar-refractivity contribution is 0.254. The van der Waals surface area contributed by atoms with E-state index in [4.69, 9.17) is 15.7 Å². The first-order valence-corrected chi connectivity index (χ1v) is 1.29. The van der Waals surface area contributed by atoms with Gasteiger partial charge in [0, 0.05) is 7.04 Å². The van der Waals surface area contributed by atoms with E-state index < -0.39 is 7.04 Å². The predicted molar refractivity (Wildman–Crippen MR) is 17.7 cm³/mol. The fraction of sp³-hybridized carbons (Fsp3) is 1.00. The van der Waals surface area contributed by atoms with Gasteiger partial charge in [-0.1, -0.05) is 11.6 Å². The molecule has 0 saturated heterocycles. The summed E-state index contributed by atoms with van der Waals surface area (Å²) in [5.74, 6) is 0. The molecule has 0 N–H and O–H groups in total. The van der Waals surface area contributed by atoms with Gasteiger partial charge < -0.3 is 4.74 Å². The van der Waals surface area contributed by atoms with E-state index in [1.54, 1.807) is 0 Å². The van der Waals surface area contributed by atoms with Gasteiger partial charge in [-0.05, 0) is 0 Å². The summed E-state index contributed by atoms with van der Waals surface area (Å²) in [6, 6.07) is -0.281. The van der Waals surface area contributed by atoms with Crippen LogP contribution >= 0.6 is 11.6 Å². The van der Waals surface area contributed by atoms with Gasteiger partial charge in [0.05, 0.1) is 4.11 Å². The molecule has 0 radical (unpaired) electrons. The van der Waals surface area contributed by atoms with Crippen molar-refractivity contribution in [2.24, 2.45) is 0 Å². The third-order valence-corrected chi connectivity index (χ3v) is 0.164. The molecule has 26 valence electrons. The van der Waals surface area contributed by atoms with Crippen molar-refractivity contribution in [3.8, 4) is 0 Å². The minimum Gasteiger partial charge on any atom is -0.369 e. The maximum Gasteiger partial charge on any atom is 0.120 e. The van der Waals surface area contributed by atoms with Crippen LogP contribution in [-0.4, -0.2) is 13.1 Å². The van der Waals surface area contributed by atoms with Gasteiger partial charge in [-0.3, -0.25) is 0 Å². The van der Waals surface area contributed by atoms with Crippen LogP contribution in [0.1, 0.15) is 4.11 Å². The van der Waals surface area contributed by atoms with Gasteiger partial charge in [-0.15, -0.1) is 0 Å². The molecule has 0 fully saturated rings. The van der Waals surface area contributed by atoms with Crippen molar-refractivity contribution in [1.82, 2.24) is 0 Å². The molecule has 4 heavy (non-hydrogen) atoms. The van der Waals surface area contributed by atoms with Gasteiger partial charge in [-0.2, -0.15) is 0 Å². The molecule has 0 atom stereocenters. The number of hydrogen-bond donors (Lipinski definition) is 0. The fourth-order valence-corrected chi connectivity index (χ4v) is 0. The van der Waals surface area contributed by atoms with Gasteiger partial charge in [0.15, 0.2) is 0 Å². The predicted octanol–water partition coefficient (Wildman–Crippen LogP) is 0.829. The van der Waals surface area contributed by atoms with Crippen LogP contribution in [0.3, 0.4) is 0 Å². The number of halogens is 1. The summed E-state index contributed by atoms with van der Waals surface area (Å²) in [5, 5.41) is 0. The van der Waals surface area contributed by atoms with Crippen LogP contribution < -0.4 is 0 Å². The highest BCUT2D eigenvalue weighted by atomic mass is 35.5. The van der Waals surface area contributed by atoms with Gasteiger partial charge in [0.2, 0.25) is 0 Å². The molecule has 0 aliphatic carbocycles. The van der Waals surface area contributed by atoms with Crippen LogP contribution in [0.25, 0.3) is 0 Å². The zero-order valence-corrected chi connectivity index (χ0v) is 2.75. The Morgan fingerprint density at radius 2 is 3.25 bits per heavy atom. The Hall–Kier alpha value is 0.250. The zero-order valence-electron chi connectivity index (χ0n) is 4.99. The molecule has 0 bridgehead atoms. The minimum atomic E-state index is -2.33. The number of ether oxygens (including phenoxy) is 1. The van der Waals surface area contributed by atoms with E-state index in [9.17, 15) is 0 Å². The lowest BCUT2D eigenvalue weighted by Crippen LogP contribution is -1.68. The first kappa shape index (κ1) is 1.15. The van der Waals surface area contributed by atoms with Crippen LogP contribution in [0.2, 0.25) is 0 Å². The molecule has 2 heteroatoms. The standard InChI is InChI=1S/C2H5ClO/c1-4-2-3/h2H2,1H3/i1D3. The molecule has 0 rings (SSSR count). The molecule has 0 heterocycles. The Balaban J connectivity index is 3.15. The van der Waals surface area contributed by atoms with Crippen molar-refractivity contribution in [1.29, 1.82) is 0 Å². The summed E-state index contributed by atoms with van der Waals surface area (Å²) < 4.78 is 23.1. The smallest absolute Gasteiger partial charge is 0.120 e. The third kappa shape index (κ3) is 2.25. The van der Waals surface area contributed by atoms with Gasteiger partial charge in [0.1, 0.15) is 6.07 Å².